The molecule has 1 aliphatic rings. The second-order valence-electron chi connectivity index (χ2n) is 21.6. The molecule has 2 aromatic carbocycles. The van der Waals surface area contributed by atoms with Crippen LogP contribution in [0.1, 0.15) is 123 Å². The molecule has 9 N–H and O–H groups in total. The number of aliphatic carboxylic acids is 2. The molecule has 84 heavy (non-hydrogen) atoms. The van der Waals surface area contributed by atoms with Crippen LogP contribution in [0.15, 0.2) is 66.9 Å². The van der Waals surface area contributed by atoms with E-state index in [2.05, 4.69) is 21.3 Å². The van der Waals surface area contributed by atoms with E-state index in [-0.39, 0.29) is 106 Å². The molecular weight excluding hydrogens is 1110 g/mol. The Hall–Kier alpha value is -7.94. The van der Waals surface area contributed by atoms with Gasteiger partial charge in [-0.2, -0.15) is 13.2 Å². The lowest BCUT2D eigenvalue weighted by Gasteiger charge is -2.40. The normalized spacial score (nSPS) is 14.1. The molecule has 4 rings (SSSR count). The van der Waals surface area contributed by atoms with E-state index < -0.39 is 95.5 Å². The zero-order chi connectivity index (χ0) is 63.1. The third-order valence-electron chi connectivity index (χ3n) is 13.3. The average Bonchev–Trinajstić information content (AvgIpc) is 2.10. The number of benzene rings is 2. The highest BCUT2D eigenvalue weighted by Crippen LogP contribution is 2.40. The lowest BCUT2D eigenvalue weighted by Crippen LogP contribution is -2.48. The second kappa shape index (κ2) is 33.4. The number of nitrogens with one attached hydrogen (secondary N) is 4. The van der Waals surface area contributed by atoms with Crippen molar-refractivity contribution in [2.75, 3.05) is 32.8 Å². The third-order valence-corrected chi connectivity index (χ3v) is 13.3. The van der Waals surface area contributed by atoms with Crippen LogP contribution in [-0.4, -0.2) is 151 Å². The summed E-state index contributed by atoms with van der Waals surface area (Å²) in [5, 5.41) is 37.7. The van der Waals surface area contributed by atoms with Gasteiger partial charge in [-0.15, -0.1) is 0 Å². The van der Waals surface area contributed by atoms with Crippen LogP contribution >= 0.6 is 0 Å². The van der Waals surface area contributed by atoms with E-state index >= 15 is 4.39 Å². The smallest absolute Gasteiger partial charge is 0.480 e. The Morgan fingerprint density at radius 3 is 2.00 bits per heavy atom. The predicted octanol–water partition coefficient (Wildman–Crippen LogP) is 4.72. The third kappa shape index (κ3) is 23.0. The lowest BCUT2D eigenvalue weighted by atomic mass is 9.84. The number of aliphatic hydroxyl groups excluding tert-OH is 1. The summed E-state index contributed by atoms with van der Waals surface area (Å²) < 4.78 is 62.9. The predicted molar refractivity (Wildman–Crippen MR) is 294 cm³/mol. The number of alkyl halides is 3. The Morgan fingerprint density at radius 1 is 0.774 bits per heavy atom. The number of amides is 7. The molecule has 1 aromatic heterocycles. The summed E-state index contributed by atoms with van der Waals surface area (Å²) in [6.45, 7) is 10.2. The minimum absolute atomic E-state index is 0.0302. The maximum absolute atomic E-state index is 15.1. The van der Waals surface area contributed by atoms with Gasteiger partial charge in [-0.25, -0.2) is 23.4 Å². The van der Waals surface area contributed by atoms with Gasteiger partial charge in [0, 0.05) is 81.8 Å². The van der Waals surface area contributed by atoms with E-state index in [1.807, 2.05) is 51.1 Å². The van der Waals surface area contributed by atoms with Crippen LogP contribution in [0.25, 0.3) is 11.3 Å². The summed E-state index contributed by atoms with van der Waals surface area (Å²) in [7, 11) is 0. The monoisotopic (exact) mass is 1190 g/mol. The fourth-order valence-corrected chi connectivity index (χ4v) is 8.83. The number of ketones is 1. The number of hydrogen-bond acceptors (Lipinski definition) is 13. The van der Waals surface area contributed by atoms with Gasteiger partial charge in [0.25, 0.3) is 11.8 Å². The molecule has 0 radical (unpaired) electrons. The summed E-state index contributed by atoms with van der Waals surface area (Å²) in [5.74, 6) is -10.1. The first kappa shape index (κ1) is 70.3. The Bertz CT molecular complexity index is 2790. The molecule has 462 valence electrons. The van der Waals surface area contributed by atoms with Crippen molar-refractivity contribution in [3.63, 3.8) is 0 Å². The number of imidazole rings is 1. The topological polar surface area (TPSA) is 330 Å². The first-order valence-electron chi connectivity index (χ1n) is 27.3. The van der Waals surface area contributed by atoms with Crippen molar-refractivity contribution in [2.24, 2.45) is 23.0 Å². The van der Waals surface area contributed by atoms with Crippen LogP contribution in [0.3, 0.4) is 0 Å². The largest absolute Gasteiger partial charge is 0.490 e. The minimum atomic E-state index is -5.08. The quantitative estimate of drug-likeness (QED) is 0.0238. The number of unbranched alkanes of at least 4 members (excludes halogenated alkanes) is 3. The first-order chi connectivity index (χ1) is 39.3. The van der Waals surface area contributed by atoms with Gasteiger partial charge in [0.15, 0.2) is 5.78 Å². The number of Topliss-reactive ketones (excluding diaryl/α,β-unsaturated/α-hetero) is 1. The molecule has 0 saturated heterocycles. The highest BCUT2D eigenvalue weighted by Gasteiger charge is 2.40. The van der Waals surface area contributed by atoms with E-state index in [0.29, 0.717) is 37.9 Å². The number of rotatable bonds is 32. The number of hydrogen-bond donors (Lipinski definition) is 8. The average molecular weight is 1190 g/mol. The number of nitrogens with two attached hydrogens (primary N) is 1. The van der Waals surface area contributed by atoms with Gasteiger partial charge in [0.1, 0.15) is 30.1 Å². The van der Waals surface area contributed by atoms with Crippen LogP contribution in [0, 0.1) is 28.9 Å². The van der Waals surface area contributed by atoms with Crippen LogP contribution in [-0.2, 0) is 54.5 Å². The van der Waals surface area contributed by atoms with Crippen molar-refractivity contribution in [1.29, 1.82) is 0 Å². The van der Waals surface area contributed by atoms with Gasteiger partial charge in [-0.05, 0) is 73.6 Å². The number of imide groups is 1. The van der Waals surface area contributed by atoms with Crippen molar-refractivity contribution in [1.82, 2.24) is 40.6 Å². The van der Waals surface area contributed by atoms with Gasteiger partial charge in [0.05, 0.1) is 23.8 Å². The molecule has 1 aliphatic heterocycles. The highest BCUT2D eigenvalue weighted by atomic mass is 19.4. The SMILES string of the molecule is CC(C)[C@H](NC(=O)CCCCCN1C(=O)C=CC1=O)C(=O)C[C@@H](C)C(=O)N[C@@H](CCCCNC(=O)CCNC(=O)[C@@H](N)CCN(C(=O)CO)[C@@H](c1nc(-c2cc(F)ccc2F)cn1Cc1ccccc1)C(C)(C)C)C(=O)O.O=C(O)C(F)(F)F. The van der Waals surface area contributed by atoms with Crippen molar-refractivity contribution in [2.45, 2.75) is 143 Å². The van der Waals surface area contributed by atoms with E-state index in [4.69, 9.17) is 20.6 Å². The highest BCUT2D eigenvalue weighted by molar-refractivity contribution is 6.12. The first-order valence-corrected chi connectivity index (χ1v) is 27.3. The van der Waals surface area contributed by atoms with Gasteiger partial charge in [-0.3, -0.25) is 43.3 Å². The Kier molecular flexibility index (Phi) is 27.9. The van der Waals surface area contributed by atoms with E-state index in [1.54, 1.807) is 24.6 Å². The summed E-state index contributed by atoms with van der Waals surface area (Å²) in [4.78, 5) is 130. The standard InChI is InChI=1S/C55H75F2N9O11.C2HF3O2/c1-34(2)49(63-45(70)18-11-8-14-27-65-46(71)21-22-47(65)72)43(68)29-35(3)52(74)62-41(54(76)77)17-12-13-25-59-44(69)23-26-60-53(75)40(58)24-28-66(48(73)33-67)50(55(4,5)6)51-61-42(38-30-37(56)19-20-39(38)57)32-64(51)31-36-15-9-7-10-16-36;3-2(4,5)1(6)7/h7,9-10,15-16,19-22,30,32,34-35,40-41,49-50,67H,8,11-14,17-18,23-29,31,33,58H2,1-6H3,(H,59,69)(H,60,75)(H,62,74)(H,63,70)(H,76,77);(H,6,7)/t35-,40+,41+,49+,50+;/m1./s1. The Balaban J connectivity index is 0.00000247. The molecule has 2 heterocycles. The summed E-state index contributed by atoms with van der Waals surface area (Å²) in [6, 6.07) is 8.21. The summed E-state index contributed by atoms with van der Waals surface area (Å²) >= 11 is 0. The van der Waals surface area contributed by atoms with E-state index in [9.17, 15) is 70.9 Å². The molecule has 0 saturated carbocycles. The van der Waals surface area contributed by atoms with E-state index in [1.165, 1.54) is 24.0 Å². The van der Waals surface area contributed by atoms with Gasteiger partial charge in [0.2, 0.25) is 29.5 Å². The van der Waals surface area contributed by atoms with Gasteiger partial charge < -0.3 is 51.8 Å². The van der Waals surface area contributed by atoms with Gasteiger partial charge in [-0.1, -0.05) is 78.3 Å². The minimum Gasteiger partial charge on any atom is -0.480 e. The molecule has 0 fully saturated rings. The number of aromatic nitrogens is 2. The molecule has 0 unspecified atom stereocenters. The van der Waals surface area contributed by atoms with Gasteiger partial charge >= 0.3 is 18.1 Å². The molecule has 3 aromatic rings. The van der Waals surface area contributed by atoms with Crippen LogP contribution in [0.2, 0.25) is 0 Å². The van der Waals surface area contributed by atoms with Crippen LogP contribution in [0.5, 0.6) is 0 Å². The molecule has 27 heteroatoms. The summed E-state index contributed by atoms with van der Waals surface area (Å²) in [6.07, 6.45) is 0.868. The van der Waals surface area contributed by atoms with Crippen molar-refractivity contribution < 1.29 is 85.2 Å². The number of carboxylic acid groups (broad SMARTS) is 2. The lowest BCUT2D eigenvalue weighted by molar-refractivity contribution is -0.192. The molecule has 0 aliphatic carbocycles. The van der Waals surface area contributed by atoms with E-state index in [0.717, 1.165) is 28.7 Å². The zero-order valence-electron chi connectivity index (χ0n) is 47.8. The number of nitrogens with zero attached hydrogens (tertiary/aromatic N) is 4. The molecule has 0 bridgehead atoms. The number of carbonyl (C=O) groups excluding carboxylic acids is 8. The fourth-order valence-electron chi connectivity index (χ4n) is 8.83. The number of aliphatic hydroxyl groups is 1. The fraction of sp³-hybridized carbons (Fsp3) is 0.526. The molecular formula is C57H76F5N9O13. The maximum atomic E-state index is 15.1. The number of carboxylic acids is 2. The van der Waals surface area contributed by atoms with Crippen molar-refractivity contribution in [3.05, 3.63) is 89.9 Å². The zero-order valence-corrected chi connectivity index (χ0v) is 47.8. The Morgan fingerprint density at radius 2 is 1.42 bits per heavy atom. The molecule has 7 amide bonds. The Labute approximate surface area is 483 Å². The van der Waals surface area contributed by atoms with Crippen LogP contribution < -0.4 is 27.0 Å². The maximum Gasteiger partial charge on any atom is 0.490 e. The molecule has 0 spiro atoms. The number of halogens is 5. The number of carbonyl (C=O) groups is 10. The van der Waals surface area contributed by atoms with Crippen molar-refractivity contribution >= 4 is 59.1 Å². The molecule has 5 atom stereocenters. The van der Waals surface area contributed by atoms with Crippen LogP contribution in [0.4, 0.5) is 22.0 Å². The second-order valence-corrected chi connectivity index (χ2v) is 21.6. The summed E-state index contributed by atoms with van der Waals surface area (Å²) in [5.41, 5.74) is 6.44. The molecule has 22 nitrogen and oxygen atoms in total. The van der Waals surface area contributed by atoms with Crippen molar-refractivity contribution in [3.8, 4) is 11.3 Å².